The van der Waals surface area contributed by atoms with Crippen molar-refractivity contribution in [3.05, 3.63) is 35.4 Å². The van der Waals surface area contributed by atoms with Crippen molar-refractivity contribution in [2.24, 2.45) is 0 Å². The minimum atomic E-state index is -0.981. The predicted octanol–water partition coefficient (Wildman–Crippen LogP) is 2.24. The largest absolute Gasteiger partial charge is 0.481 e. The van der Waals surface area contributed by atoms with Crippen molar-refractivity contribution in [2.45, 2.75) is 43.5 Å². The zero-order valence-corrected chi connectivity index (χ0v) is 12.6. The number of hydrogen-bond donors (Lipinski definition) is 2. The highest BCUT2D eigenvalue weighted by Gasteiger charge is 2.66. The Morgan fingerprint density at radius 2 is 1.86 bits per heavy atom. The number of methoxy groups -OCH3 is 2. The van der Waals surface area contributed by atoms with Gasteiger partial charge >= 0.3 is 0 Å². The van der Waals surface area contributed by atoms with Crippen LogP contribution in [-0.4, -0.2) is 36.2 Å². The first kappa shape index (κ1) is 15.9. The Labute approximate surface area is 124 Å². The van der Waals surface area contributed by atoms with Gasteiger partial charge in [-0.2, -0.15) is 0 Å². The van der Waals surface area contributed by atoms with Gasteiger partial charge in [-0.25, -0.2) is 0 Å². The molecule has 5 nitrogen and oxygen atoms in total. The highest BCUT2D eigenvalue weighted by Crippen LogP contribution is 2.62. The molecular weight excluding hydrogens is 272 g/mol. The van der Waals surface area contributed by atoms with E-state index >= 15 is 0 Å². The number of benzene rings is 1. The summed E-state index contributed by atoms with van der Waals surface area (Å²) in [4.78, 5) is 9.00. The molecule has 0 aromatic heterocycles. The SMILES string of the molecule is CC(=O)O.COC1(OC)CCCC2c3ccccc3C21O. The van der Waals surface area contributed by atoms with Crippen LogP contribution in [-0.2, 0) is 19.9 Å². The second-order valence-electron chi connectivity index (χ2n) is 5.48. The molecule has 3 rings (SSSR count). The van der Waals surface area contributed by atoms with Crippen molar-refractivity contribution in [1.82, 2.24) is 0 Å². The molecule has 2 N–H and O–H groups in total. The van der Waals surface area contributed by atoms with Crippen LogP contribution in [0.1, 0.15) is 43.2 Å². The maximum absolute atomic E-state index is 11.0. The molecule has 1 aromatic rings. The molecule has 1 fully saturated rings. The molecule has 5 heteroatoms. The fourth-order valence-corrected chi connectivity index (χ4v) is 3.65. The lowest BCUT2D eigenvalue weighted by atomic mass is 9.55. The lowest BCUT2D eigenvalue weighted by molar-refractivity contribution is -0.337. The third-order valence-corrected chi connectivity index (χ3v) is 4.49. The first-order valence-corrected chi connectivity index (χ1v) is 7.04. The number of carboxylic acid groups (broad SMARTS) is 1. The third-order valence-electron chi connectivity index (χ3n) is 4.49. The summed E-state index contributed by atoms with van der Waals surface area (Å²) >= 11 is 0. The van der Waals surface area contributed by atoms with Crippen molar-refractivity contribution < 1.29 is 24.5 Å². The van der Waals surface area contributed by atoms with Crippen LogP contribution in [0, 0.1) is 0 Å². The van der Waals surface area contributed by atoms with E-state index in [1.54, 1.807) is 14.2 Å². The van der Waals surface area contributed by atoms with Gasteiger partial charge in [0.15, 0.2) is 5.60 Å². The van der Waals surface area contributed by atoms with E-state index in [4.69, 9.17) is 19.4 Å². The molecule has 0 bridgehead atoms. The van der Waals surface area contributed by atoms with Gasteiger partial charge in [-0.05, 0) is 24.0 Å². The highest BCUT2D eigenvalue weighted by atomic mass is 16.7. The van der Waals surface area contributed by atoms with Crippen LogP contribution < -0.4 is 0 Å². The average molecular weight is 294 g/mol. The maximum atomic E-state index is 11.0. The van der Waals surface area contributed by atoms with Gasteiger partial charge < -0.3 is 19.7 Å². The van der Waals surface area contributed by atoms with E-state index in [2.05, 4.69) is 6.07 Å². The minimum absolute atomic E-state index is 0.146. The van der Waals surface area contributed by atoms with Gasteiger partial charge in [0.25, 0.3) is 5.97 Å². The number of carbonyl (C=O) groups is 1. The van der Waals surface area contributed by atoms with E-state index < -0.39 is 17.4 Å². The molecule has 0 spiro atoms. The monoisotopic (exact) mass is 294 g/mol. The van der Waals surface area contributed by atoms with Crippen LogP contribution in [0.15, 0.2) is 24.3 Å². The smallest absolute Gasteiger partial charge is 0.300 e. The topological polar surface area (TPSA) is 76.0 Å². The molecule has 1 saturated carbocycles. The van der Waals surface area contributed by atoms with Gasteiger partial charge in [-0.15, -0.1) is 0 Å². The van der Waals surface area contributed by atoms with Crippen molar-refractivity contribution in [3.63, 3.8) is 0 Å². The molecular formula is C16H22O5. The summed E-state index contributed by atoms with van der Waals surface area (Å²) < 4.78 is 11.1. The van der Waals surface area contributed by atoms with Gasteiger partial charge in [0.2, 0.25) is 5.79 Å². The molecule has 2 unspecified atom stereocenters. The quantitative estimate of drug-likeness (QED) is 0.818. The summed E-state index contributed by atoms with van der Waals surface area (Å²) in [6.07, 6.45) is 2.76. The first-order valence-electron chi connectivity index (χ1n) is 7.04. The van der Waals surface area contributed by atoms with E-state index in [0.717, 1.165) is 31.7 Å². The number of rotatable bonds is 2. The van der Waals surface area contributed by atoms with Crippen LogP contribution >= 0.6 is 0 Å². The molecule has 0 radical (unpaired) electrons. The summed E-state index contributed by atoms with van der Waals surface area (Å²) in [7, 11) is 3.23. The third kappa shape index (κ3) is 2.25. The standard InChI is InChI=1S/C14H18O3.C2H4O2/c1-16-13(17-2)9-5-8-12-10-6-3-4-7-11(10)14(12,13)15;1-2(3)4/h3-4,6-7,12,15H,5,8-9H2,1-2H3;1H3,(H,3,4). The van der Waals surface area contributed by atoms with Gasteiger partial charge in [-0.1, -0.05) is 24.3 Å². The Hall–Kier alpha value is -1.43. The summed E-state index contributed by atoms with van der Waals surface area (Å²) in [5.74, 6) is -1.57. The first-order chi connectivity index (χ1) is 9.93. The van der Waals surface area contributed by atoms with Crippen LogP contribution in [0.4, 0.5) is 0 Å². The zero-order valence-electron chi connectivity index (χ0n) is 12.6. The van der Waals surface area contributed by atoms with Crippen molar-refractivity contribution in [1.29, 1.82) is 0 Å². The van der Waals surface area contributed by atoms with Crippen LogP contribution in [0.3, 0.4) is 0 Å². The normalized spacial score (nSPS) is 28.3. The second-order valence-corrected chi connectivity index (χ2v) is 5.48. The molecule has 0 aliphatic heterocycles. The fraction of sp³-hybridized carbons (Fsp3) is 0.562. The number of ether oxygens (including phenoxy) is 2. The van der Waals surface area contributed by atoms with E-state index in [0.29, 0.717) is 0 Å². The molecule has 116 valence electrons. The minimum Gasteiger partial charge on any atom is -0.481 e. The second kappa shape index (κ2) is 5.75. The van der Waals surface area contributed by atoms with Gasteiger partial charge in [-0.3, -0.25) is 4.79 Å². The maximum Gasteiger partial charge on any atom is 0.300 e. The summed E-state index contributed by atoms with van der Waals surface area (Å²) in [6.45, 7) is 1.08. The molecule has 2 aliphatic carbocycles. The summed E-state index contributed by atoms with van der Waals surface area (Å²) in [5, 5.41) is 18.5. The van der Waals surface area contributed by atoms with Crippen molar-refractivity contribution in [3.8, 4) is 0 Å². The zero-order chi connectivity index (χ0) is 15.7. The van der Waals surface area contributed by atoms with E-state index in [1.165, 1.54) is 5.56 Å². The molecule has 2 atom stereocenters. The number of fused-ring (bicyclic) bond motifs is 4. The number of carboxylic acids is 1. The fourth-order valence-electron chi connectivity index (χ4n) is 3.65. The molecule has 2 aliphatic rings. The van der Waals surface area contributed by atoms with Crippen LogP contribution in [0.25, 0.3) is 0 Å². The average Bonchev–Trinajstić information content (AvgIpc) is 2.46. The van der Waals surface area contributed by atoms with Gasteiger partial charge in [0.05, 0.1) is 0 Å². The van der Waals surface area contributed by atoms with E-state index in [1.807, 2.05) is 18.2 Å². The lowest BCUT2D eigenvalue weighted by Gasteiger charge is -2.59. The molecule has 0 amide bonds. The summed E-state index contributed by atoms with van der Waals surface area (Å²) in [6, 6.07) is 8.05. The van der Waals surface area contributed by atoms with Crippen LogP contribution in [0.5, 0.6) is 0 Å². The van der Waals surface area contributed by atoms with Crippen LogP contribution in [0.2, 0.25) is 0 Å². The number of aliphatic hydroxyl groups is 1. The Balaban J connectivity index is 0.000000361. The van der Waals surface area contributed by atoms with E-state index in [9.17, 15) is 5.11 Å². The highest BCUT2D eigenvalue weighted by molar-refractivity contribution is 5.62. The molecule has 0 saturated heterocycles. The number of aliphatic carboxylic acids is 1. The Kier molecular flexibility index (Phi) is 4.37. The van der Waals surface area contributed by atoms with Crippen molar-refractivity contribution >= 4 is 5.97 Å². The Morgan fingerprint density at radius 3 is 2.43 bits per heavy atom. The van der Waals surface area contributed by atoms with Gasteiger partial charge in [0, 0.05) is 33.5 Å². The van der Waals surface area contributed by atoms with Crippen molar-refractivity contribution in [2.75, 3.05) is 14.2 Å². The number of hydrogen-bond acceptors (Lipinski definition) is 4. The Bertz CT molecular complexity index is 519. The summed E-state index contributed by atoms with van der Waals surface area (Å²) in [5.41, 5.74) is 1.23. The molecule has 0 heterocycles. The lowest BCUT2D eigenvalue weighted by Crippen LogP contribution is -2.64. The van der Waals surface area contributed by atoms with E-state index in [-0.39, 0.29) is 5.92 Å². The van der Waals surface area contributed by atoms with Gasteiger partial charge in [0.1, 0.15) is 0 Å². The molecule has 1 aromatic carbocycles. The predicted molar refractivity (Wildman–Crippen MR) is 77.0 cm³/mol. The molecule has 21 heavy (non-hydrogen) atoms. The Morgan fingerprint density at radius 1 is 1.29 bits per heavy atom.